The van der Waals surface area contributed by atoms with Crippen LogP contribution >= 0.6 is 0 Å². The zero-order valence-electron chi connectivity index (χ0n) is 11.4. The predicted molar refractivity (Wildman–Crippen MR) is 80.0 cm³/mol. The lowest BCUT2D eigenvalue weighted by molar-refractivity contribution is -0.136. The summed E-state index contributed by atoms with van der Waals surface area (Å²) in [6, 6.07) is 16.9. The quantitative estimate of drug-likeness (QED) is 0.641. The van der Waals surface area contributed by atoms with E-state index in [0.717, 1.165) is 16.9 Å². The Hall–Kier alpha value is -2.88. The molecule has 2 aromatic carbocycles. The van der Waals surface area contributed by atoms with Crippen molar-refractivity contribution < 1.29 is 14.4 Å². The summed E-state index contributed by atoms with van der Waals surface area (Å²) in [5.41, 5.74) is 2.68. The van der Waals surface area contributed by atoms with E-state index in [1.165, 1.54) is 0 Å². The molecule has 0 saturated heterocycles. The molecule has 1 aliphatic rings. The number of carbonyl (C=O) groups is 1. The molecule has 4 nitrogen and oxygen atoms in total. The molecule has 0 amide bonds. The monoisotopic (exact) mass is 279 g/mol. The van der Waals surface area contributed by atoms with Gasteiger partial charge in [-0.3, -0.25) is 0 Å². The van der Waals surface area contributed by atoms with Gasteiger partial charge >= 0.3 is 5.97 Å². The van der Waals surface area contributed by atoms with Gasteiger partial charge in [-0.05, 0) is 23.8 Å². The summed E-state index contributed by atoms with van der Waals surface area (Å²) in [6.07, 6.45) is 1.75. The standard InChI is InChI=1S/C17H13NO3/c1-20-14-9-5-6-12(10-14)11-15-16(18-21-17(15)19)13-7-3-2-4-8-13/h2-11H,1H3/b15-11+. The Morgan fingerprint density at radius 1 is 1.10 bits per heavy atom. The second kappa shape index (κ2) is 5.63. The summed E-state index contributed by atoms with van der Waals surface area (Å²) < 4.78 is 5.18. The zero-order valence-corrected chi connectivity index (χ0v) is 11.4. The van der Waals surface area contributed by atoms with Crippen molar-refractivity contribution in [1.82, 2.24) is 0 Å². The molecule has 0 aliphatic carbocycles. The lowest BCUT2D eigenvalue weighted by Crippen LogP contribution is -2.06. The third kappa shape index (κ3) is 2.69. The van der Waals surface area contributed by atoms with Gasteiger partial charge in [0.1, 0.15) is 11.5 Å². The van der Waals surface area contributed by atoms with E-state index in [2.05, 4.69) is 5.16 Å². The molecule has 0 atom stereocenters. The maximum atomic E-state index is 11.9. The lowest BCUT2D eigenvalue weighted by Gasteiger charge is -2.02. The van der Waals surface area contributed by atoms with Gasteiger partial charge in [0.15, 0.2) is 0 Å². The van der Waals surface area contributed by atoms with Gasteiger partial charge in [0.2, 0.25) is 0 Å². The van der Waals surface area contributed by atoms with Gasteiger partial charge in [-0.25, -0.2) is 4.79 Å². The number of hydrogen-bond acceptors (Lipinski definition) is 4. The fraction of sp³-hybridized carbons (Fsp3) is 0.0588. The minimum absolute atomic E-state index is 0.439. The minimum Gasteiger partial charge on any atom is -0.497 e. The van der Waals surface area contributed by atoms with Crippen LogP contribution in [0, 0.1) is 0 Å². The van der Waals surface area contributed by atoms with E-state index in [0.29, 0.717) is 11.3 Å². The van der Waals surface area contributed by atoms with Crippen molar-refractivity contribution in [3.63, 3.8) is 0 Å². The van der Waals surface area contributed by atoms with E-state index < -0.39 is 5.97 Å². The van der Waals surface area contributed by atoms with Crippen LogP contribution in [0.2, 0.25) is 0 Å². The maximum absolute atomic E-state index is 11.9. The van der Waals surface area contributed by atoms with Crippen LogP contribution in [-0.2, 0) is 9.63 Å². The molecular weight excluding hydrogens is 266 g/mol. The van der Waals surface area contributed by atoms with Gasteiger partial charge in [-0.2, -0.15) is 0 Å². The average molecular weight is 279 g/mol. The van der Waals surface area contributed by atoms with Gasteiger partial charge < -0.3 is 9.57 Å². The van der Waals surface area contributed by atoms with Crippen molar-refractivity contribution in [2.45, 2.75) is 0 Å². The Labute approximate surface area is 122 Å². The van der Waals surface area contributed by atoms with E-state index in [1.807, 2.05) is 54.6 Å². The van der Waals surface area contributed by atoms with Crippen LogP contribution in [0.15, 0.2) is 65.3 Å². The molecular formula is C17H13NO3. The van der Waals surface area contributed by atoms with Gasteiger partial charge in [-0.15, -0.1) is 0 Å². The van der Waals surface area contributed by atoms with Crippen molar-refractivity contribution in [1.29, 1.82) is 0 Å². The highest BCUT2D eigenvalue weighted by atomic mass is 16.7. The summed E-state index contributed by atoms with van der Waals surface area (Å²) in [5, 5.41) is 3.87. The second-order valence-electron chi connectivity index (χ2n) is 4.52. The van der Waals surface area contributed by atoms with E-state index in [9.17, 15) is 4.79 Å². The number of rotatable bonds is 3. The van der Waals surface area contributed by atoms with Crippen molar-refractivity contribution >= 4 is 17.8 Å². The van der Waals surface area contributed by atoms with E-state index >= 15 is 0 Å². The van der Waals surface area contributed by atoms with Crippen LogP contribution in [0.5, 0.6) is 5.75 Å². The molecule has 1 aliphatic heterocycles. The second-order valence-corrected chi connectivity index (χ2v) is 4.52. The predicted octanol–water partition coefficient (Wildman–Crippen LogP) is 3.04. The first-order valence-corrected chi connectivity index (χ1v) is 6.49. The number of oxime groups is 1. The lowest BCUT2D eigenvalue weighted by atomic mass is 10.0. The molecule has 0 saturated carbocycles. The summed E-state index contributed by atoms with van der Waals surface area (Å²) >= 11 is 0. The Balaban J connectivity index is 2.00. The van der Waals surface area contributed by atoms with Crippen molar-refractivity contribution in [3.05, 3.63) is 71.3 Å². The molecule has 0 unspecified atom stereocenters. The van der Waals surface area contributed by atoms with Crippen LogP contribution < -0.4 is 4.74 Å². The highest BCUT2D eigenvalue weighted by molar-refractivity contribution is 6.31. The van der Waals surface area contributed by atoms with Crippen LogP contribution in [0.3, 0.4) is 0 Å². The highest BCUT2D eigenvalue weighted by Crippen LogP contribution is 2.22. The molecule has 1 heterocycles. The number of nitrogens with zero attached hydrogens (tertiary/aromatic N) is 1. The Kier molecular flexibility index (Phi) is 3.51. The first-order valence-electron chi connectivity index (χ1n) is 6.49. The van der Waals surface area contributed by atoms with Crippen LogP contribution in [0.1, 0.15) is 11.1 Å². The molecule has 0 bridgehead atoms. The van der Waals surface area contributed by atoms with Crippen molar-refractivity contribution in [3.8, 4) is 5.75 Å². The molecule has 104 valence electrons. The number of carbonyl (C=O) groups excluding carboxylic acids is 1. The van der Waals surface area contributed by atoms with Crippen LogP contribution in [-0.4, -0.2) is 18.8 Å². The average Bonchev–Trinajstić information content (AvgIpc) is 2.89. The summed E-state index contributed by atoms with van der Waals surface area (Å²) in [5.74, 6) is 0.283. The normalized spacial score (nSPS) is 15.8. The number of methoxy groups -OCH3 is 1. The molecule has 3 rings (SSSR count). The van der Waals surface area contributed by atoms with Gasteiger partial charge in [0.25, 0.3) is 0 Å². The Bertz CT molecular complexity index is 733. The molecule has 0 radical (unpaired) electrons. The molecule has 0 spiro atoms. The molecule has 2 aromatic rings. The van der Waals surface area contributed by atoms with Crippen LogP contribution in [0.25, 0.3) is 6.08 Å². The molecule has 0 fully saturated rings. The number of hydrogen-bond donors (Lipinski definition) is 0. The Morgan fingerprint density at radius 3 is 2.67 bits per heavy atom. The number of ether oxygens (including phenoxy) is 1. The first kappa shape index (κ1) is 13.1. The topological polar surface area (TPSA) is 47.9 Å². The fourth-order valence-corrected chi connectivity index (χ4v) is 2.11. The summed E-state index contributed by atoms with van der Waals surface area (Å²) in [4.78, 5) is 16.7. The smallest absolute Gasteiger partial charge is 0.368 e. The van der Waals surface area contributed by atoms with Gasteiger partial charge in [0.05, 0.1) is 12.7 Å². The van der Waals surface area contributed by atoms with E-state index in [4.69, 9.17) is 9.57 Å². The van der Waals surface area contributed by atoms with Gasteiger partial charge in [-0.1, -0.05) is 47.6 Å². The van der Waals surface area contributed by atoms with Crippen molar-refractivity contribution in [2.24, 2.45) is 5.16 Å². The number of benzene rings is 2. The highest BCUT2D eigenvalue weighted by Gasteiger charge is 2.26. The third-order valence-corrected chi connectivity index (χ3v) is 3.15. The SMILES string of the molecule is COc1cccc(/C=C2/C(=O)ON=C2c2ccccc2)c1. The molecule has 0 N–H and O–H groups in total. The minimum atomic E-state index is -0.448. The maximum Gasteiger partial charge on any atom is 0.368 e. The summed E-state index contributed by atoms with van der Waals surface area (Å²) in [7, 11) is 1.60. The van der Waals surface area contributed by atoms with Gasteiger partial charge in [0, 0.05) is 5.56 Å². The van der Waals surface area contributed by atoms with Crippen molar-refractivity contribution in [2.75, 3.05) is 7.11 Å². The van der Waals surface area contributed by atoms with Crippen LogP contribution in [0.4, 0.5) is 0 Å². The fourth-order valence-electron chi connectivity index (χ4n) is 2.11. The first-order chi connectivity index (χ1) is 10.3. The van der Waals surface area contributed by atoms with E-state index in [-0.39, 0.29) is 0 Å². The molecule has 21 heavy (non-hydrogen) atoms. The molecule has 0 aromatic heterocycles. The third-order valence-electron chi connectivity index (χ3n) is 3.15. The Morgan fingerprint density at radius 2 is 1.90 bits per heavy atom. The largest absolute Gasteiger partial charge is 0.497 e. The zero-order chi connectivity index (χ0) is 14.7. The van der Waals surface area contributed by atoms with E-state index in [1.54, 1.807) is 13.2 Å². The molecule has 4 heteroatoms. The summed E-state index contributed by atoms with van der Waals surface area (Å²) in [6.45, 7) is 0.